The van der Waals surface area contributed by atoms with Gasteiger partial charge in [-0.2, -0.15) is 0 Å². The zero-order valence-corrected chi connectivity index (χ0v) is 5.99. The number of carbonyl (C=O) groups excluding carboxylic acids is 1. The van der Waals surface area contributed by atoms with Gasteiger partial charge in [-0.05, 0) is 0 Å². The predicted molar refractivity (Wildman–Crippen MR) is 34.7 cm³/mol. The summed E-state index contributed by atoms with van der Waals surface area (Å²) in [5.41, 5.74) is -0.633. The van der Waals surface area contributed by atoms with Gasteiger partial charge in [0.15, 0.2) is 11.6 Å². The lowest BCUT2D eigenvalue weighted by Crippen LogP contribution is -2.19. The highest BCUT2D eigenvalue weighted by Crippen LogP contribution is 2.18. The number of carbonyl (C=O) groups is 1. The van der Waals surface area contributed by atoms with E-state index in [9.17, 15) is 9.18 Å². The van der Waals surface area contributed by atoms with Crippen molar-refractivity contribution in [3.8, 4) is 0 Å². The van der Waals surface area contributed by atoms with E-state index >= 15 is 0 Å². The summed E-state index contributed by atoms with van der Waals surface area (Å²) in [7, 11) is 0. The lowest BCUT2D eigenvalue weighted by molar-refractivity contribution is -0.123. The molecule has 0 spiro atoms. The van der Waals surface area contributed by atoms with Gasteiger partial charge in [0.25, 0.3) is 0 Å². The molecule has 0 radical (unpaired) electrons. The van der Waals surface area contributed by atoms with Gasteiger partial charge in [-0.15, -0.1) is 0 Å². The molecule has 0 rings (SSSR count). The van der Waals surface area contributed by atoms with Crippen molar-refractivity contribution in [2.75, 3.05) is 0 Å². The molecule has 0 aliphatic heterocycles. The van der Waals surface area contributed by atoms with Gasteiger partial charge in [-0.3, -0.25) is 4.79 Å². The van der Waals surface area contributed by atoms with Gasteiger partial charge in [0.1, 0.15) is 0 Å². The van der Waals surface area contributed by atoms with Gasteiger partial charge < -0.3 is 0 Å². The van der Waals surface area contributed by atoms with E-state index in [4.69, 9.17) is 0 Å². The molecule has 0 aromatic rings. The molecule has 0 amide bonds. The topological polar surface area (TPSA) is 17.1 Å². The lowest BCUT2D eigenvalue weighted by atomic mass is 9.90. The van der Waals surface area contributed by atoms with Crippen LogP contribution in [-0.4, -0.2) is 5.78 Å². The summed E-state index contributed by atoms with van der Waals surface area (Å²) in [5.74, 6) is -1.38. The van der Waals surface area contributed by atoms with Gasteiger partial charge in [0.2, 0.25) is 0 Å². The lowest BCUT2D eigenvalue weighted by Gasteiger charge is -2.13. The second-order valence-electron chi connectivity index (χ2n) is 2.98. The third kappa shape index (κ3) is 2.40. The molecule has 0 fully saturated rings. The Bertz CT molecular complexity index is 141. The first-order valence-electron chi connectivity index (χ1n) is 2.75. The Morgan fingerprint density at radius 1 is 1.44 bits per heavy atom. The molecule has 0 saturated heterocycles. The van der Waals surface area contributed by atoms with Crippen LogP contribution in [0.3, 0.4) is 0 Å². The summed E-state index contributed by atoms with van der Waals surface area (Å²) in [6, 6.07) is 0. The van der Waals surface area contributed by atoms with E-state index in [1.165, 1.54) is 0 Å². The minimum atomic E-state index is -0.859. The maximum atomic E-state index is 12.0. The van der Waals surface area contributed by atoms with Gasteiger partial charge in [-0.1, -0.05) is 27.4 Å². The molecule has 0 bridgehead atoms. The molecule has 0 aromatic heterocycles. The highest BCUT2D eigenvalue weighted by molar-refractivity contribution is 5.96. The van der Waals surface area contributed by atoms with E-state index in [1.54, 1.807) is 20.8 Å². The summed E-state index contributed by atoms with van der Waals surface area (Å²) in [6.45, 7) is 7.86. The van der Waals surface area contributed by atoms with Gasteiger partial charge in [0.05, 0.1) is 0 Å². The van der Waals surface area contributed by atoms with E-state index in [-0.39, 0.29) is 0 Å². The van der Waals surface area contributed by atoms with E-state index < -0.39 is 17.0 Å². The van der Waals surface area contributed by atoms with Crippen molar-refractivity contribution < 1.29 is 9.18 Å². The van der Waals surface area contributed by atoms with Crippen LogP contribution in [0.4, 0.5) is 4.39 Å². The van der Waals surface area contributed by atoms with Crippen LogP contribution in [0.15, 0.2) is 12.4 Å². The second-order valence-corrected chi connectivity index (χ2v) is 2.98. The summed E-state index contributed by atoms with van der Waals surface area (Å²) in [5, 5.41) is 0. The molecule has 0 aromatic carbocycles. The van der Waals surface area contributed by atoms with Gasteiger partial charge in [-0.25, -0.2) is 4.39 Å². The van der Waals surface area contributed by atoms with Gasteiger partial charge >= 0.3 is 0 Å². The quantitative estimate of drug-likeness (QED) is 0.497. The highest BCUT2D eigenvalue weighted by atomic mass is 19.1. The predicted octanol–water partition coefficient (Wildman–Crippen LogP) is 2.08. The first-order valence-corrected chi connectivity index (χ1v) is 2.75. The van der Waals surface area contributed by atoms with Crippen molar-refractivity contribution in [2.45, 2.75) is 20.8 Å². The van der Waals surface area contributed by atoms with Crippen LogP contribution < -0.4 is 0 Å². The molecule has 9 heavy (non-hydrogen) atoms. The van der Waals surface area contributed by atoms with E-state index in [2.05, 4.69) is 6.58 Å². The summed E-state index contributed by atoms with van der Waals surface area (Å²) in [4.78, 5) is 10.7. The summed E-state index contributed by atoms with van der Waals surface area (Å²) in [6.07, 6.45) is 0. The monoisotopic (exact) mass is 130 g/mol. The van der Waals surface area contributed by atoms with Crippen molar-refractivity contribution >= 4 is 5.78 Å². The second kappa shape index (κ2) is 2.29. The number of allylic oxidation sites excluding steroid dienone is 1. The molecule has 0 aliphatic rings. The zero-order valence-electron chi connectivity index (χ0n) is 5.99. The number of hydrogen-bond acceptors (Lipinski definition) is 1. The molecule has 0 unspecified atom stereocenters. The zero-order chi connectivity index (χ0) is 7.65. The fourth-order valence-corrected chi connectivity index (χ4v) is 0.407. The first-order chi connectivity index (χ1) is 3.85. The third-order valence-electron chi connectivity index (χ3n) is 0.928. The van der Waals surface area contributed by atoms with Crippen molar-refractivity contribution in [3.05, 3.63) is 12.4 Å². The fraction of sp³-hybridized carbons (Fsp3) is 0.571. The molecule has 0 saturated carbocycles. The highest BCUT2D eigenvalue weighted by Gasteiger charge is 2.23. The molecule has 0 heterocycles. The Morgan fingerprint density at radius 2 is 1.78 bits per heavy atom. The molecular formula is C7H11FO. The Morgan fingerprint density at radius 3 is 1.78 bits per heavy atom. The van der Waals surface area contributed by atoms with E-state index in [1.807, 2.05) is 0 Å². The standard InChI is InChI=1S/C7H11FO/c1-5(8)6(9)7(2,3)4/h1H2,2-4H3. The third-order valence-corrected chi connectivity index (χ3v) is 0.928. The molecule has 0 aliphatic carbocycles. The number of ketones is 1. The number of Topliss-reactive ketones (excluding diaryl/α,β-unsaturated/α-hetero) is 1. The van der Waals surface area contributed by atoms with Crippen molar-refractivity contribution in [2.24, 2.45) is 5.41 Å². The van der Waals surface area contributed by atoms with Crippen LogP contribution in [0, 0.1) is 5.41 Å². The van der Waals surface area contributed by atoms with Crippen molar-refractivity contribution in [3.63, 3.8) is 0 Å². The normalized spacial score (nSPS) is 11.1. The maximum absolute atomic E-state index is 12.0. The van der Waals surface area contributed by atoms with Crippen molar-refractivity contribution in [1.82, 2.24) is 0 Å². The largest absolute Gasteiger partial charge is 0.291 e. The number of rotatable bonds is 1. The average Bonchev–Trinajstić information content (AvgIpc) is 1.62. The Labute approximate surface area is 54.6 Å². The van der Waals surface area contributed by atoms with Gasteiger partial charge in [0, 0.05) is 5.41 Å². The van der Waals surface area contributed by atoms with E-state index in [0.29, 0.717) is 0 Å². The average molecular weight is 130 g/mol. The SMILES string of the molecule is C=C(F)C(=O)C(C)(C)C. The summed E-state index contributed by atoms with van der Waals surface area (Å²) < 4.78 is 12.0. The molecule has 1 nitrogen and oxygen atoms in total. The Hall–Kier alpha value is -0.660. The minimum absolute atomic E-state index is 0.525. The number of hydrogen-bond donors (Lipinski definition) is 0. The van der Waals surface area contributed by atoms with Crippen molar-refractivity contribution in [1.29, 1.82) is 0 Å². The van der Waals surface area contributed by atoms with Crippen LogP contribution >= 0.6 is 0 Å². The molecule has 2 heteroatoms. The molecule has 0 atom stereocenters. The van der Waals surface area contributed by atoms with Crippen LogP contribution in [0.5, 0.6) is 0 Å². The van der Waals surface area contributed by atoms with Crippen LogP contribution in [-0.2, 0) is 4.79 Å². The number of halogens is 1. The van der Waals surface area contributed by atoms with E-state index in [0.717, 1.165) is 0 Å². The fourth-order valence-electron chi connectivity index (χ4n) is 0.407. The molecule has 0 N–H and O–H groups in total. The molecular weight excluding hydrogens is 119 g/mol. The van der Waals surface area contributed by atoms with Crippen LogP contribution in [0.2, 0.25) is 0 Å². The smallest absolute Gasteiger partial charge is 0.195 e. The molecule has 52 valence electrons. The maximum Gasteiger partial charge on any atom is 0.195 e. The minimum Gasteiger partial charge on any atom is -0.291 e. The van der Waals surface area contributed by atoms with Crippen LogP contribution in [0.25, 0.3) is 0 Å². The Kier molecular flexibility index (Phi) is 2.13. The first kappa shape index (κ1) is 8.34. The Balaban J connectivity index is 4.23. The van der Waals surface area contributed by atoms with Crippen LogP contribution in [0.1, 0.15) is 20.8 Å². The summed E-state index contributed by atoms with van der Waals surface area (Å²) >= 11 is 0.